The maximum atomic E-state index is 12.6. The Bertz CT molecular complexity index is 752. The average molecular weight is 374 g/mol. The van der Waals surface area contributed by atoms with Gasteiger partial charge in [-0.25, -0.2) is 9.78 Å². The van der Waals surface area contributed by atoms with Crippen LogP contribution in [0.4, 0.5) is 10.6 Å². The third kappa shape index (κ3) is 3.59. The first kappa shape index (κ1) is 20.1. The summed E-state index contributed by atoms with van der Waals surface area (Å²) < 4.78 is 17.9. The minimum Gasteiger partial charge on any atom is -0.443 e. The zero-order valence-electron chi connectivity index (χ0n) is 18.0. The third-order valence-corrected chi connectivity index (χ3v) is 5.57. The molecule has 6 nitrogen and oxygen atoms in total. The molecule has 0 atom stereocenters. The van der Waals surface area contributed by atoms with E-state index < -0.39 is 23.9 Å². The van der Waals surface area contributed by atoms with Crippen LogP contribution in [0.2, 0.25) is 0 Å². The molecule has 1 aromatic rings. The van der Waals surface area contributed by atoms with E-state index in [2.05, 4.69) is 24.9 Å². The van der Waals surface area contributed by atoms with Gasteiger partial charge >= 0.3 is 13.2 Å². The van der Waals surface area contributed by atoms with Crippen LogP contribution >= 0.6 is 0 Å². The van der Waals surface area contributed by atoms with Crippen molar-refractivity contribution in [3.8, 4) is 0 Å². The van der Waals surface area contributed by atoms with Gasteiger partial charge in [-0.1, -0.05) is 19.9 Å². The van der Waals surface area contributed by atoms with E-state index >= 15 is 0 Å². The van der Waals surface area contributed by atoms with E-state index in [9.17, 15) is 4.79 Å². The molecule has 0 aromatic carbocycles. The standard InChI is InChI=1S/C20H31BN2O4/c1-17(2,3)25-16(24)23-12-18(4,5)14-10-13(11-22-15(14)23)21-26-19(6,7)20(8,9)27-21/h10-11H,12H2,1-9H3. The summed E-state index contributed by atoms with van der Waals surface area (Å²) in [5.74, 6) is 0.648. The molecule has 27 heavy (non-hydrogen) atoms. The lowest BCUT2D eigenvalue weighted by Gasteiger charge is -2.32. The van der Waals surface area contributed by atoms with E-state index in [0.29, 0.717) is 12.4 Å². The van der Waals surface area contributed by atoms with Gasteiger partial charge in [0.05, 0.1) is 11.2 Å². The Morgan fingerprint density at radius 1 is 1.15 bits per heavy atom. The summed E-state index contributed by atoms with van der Waals surface area (Å²) in [7, 11) is -0.473. The predicted molar refractivity (Wildman–Crippen MR) is 107 cm³/mol. The smallest absolute Gasteiger partial charge is 0.443 e. The number of pyridine rings is 1. The van der Waals surface area contributed by atoms with Crippen LogP contribution in [0.5, 0.6) is 0 Å². The van der Waals surface area contributed by atoms with Gasteiger partial charge in [0.2, 0.25) is 0 Å². The van der Waals surface area contributed by atoms with E-state index in [-0.39, 0.29) is 11.5 Å². The molecule has 3 heterocycles. The number of hydrogen-bond acceptors (Lipinski definition) is 5. The number of carbonyl (C=O) groups is 1. The van der Waals surface area contributed by atoms with Crippen LogP contribution in [0.3, 0.4) is 0 Å². The van der Waals surface area contributed by atoms with Crippen molar-refractivity contribution in [3.63, 3.8) is 0 Å². The molecule has 0 aliphatic carbocycles. The lowest BCUT2D eigenvalue weighted by atomic mass is 9.77. The highest BCUT2D eigenvalue weighted by Gasteiger charge is 2.52. The topological polar surface area (TPSA) is 60.9 Å². The second-order valence-electron chi connectivity index (χ2n) is 10.2. The maximum absolute atomic E-state index is 12.6. The maximum Gasteiger partial charge on any atom is 0.496 e. The van der Waals surface area contributed by atoms with Gasteiger partial charge in [-0.2, -0.15) is 0 Å². The first-order chi connectivity index (χ1) is 12.1. The van der Waals surface area contributed by atoms with Gasteiger partial charge in [0.1, 0.15) is 11.4 Å². The Balaban J connectivity index is 1.92. The lowest BCUT2D eigenvalue weighted by molar-refractivity contribution is 0.00578. The van der Waals surface area contributed by atoms with Crippen molar-refractivity contribution < 1.29 is 18.8 Å². The summed E-state index contributed by atoms with van der Waals surface area (Å²) in [5, 5.41) is 0. The number of anilines is 1. The Morgan fingerprint density at radius 2 is 1.70 bits per heavy atom. The highest BCUT2D eigenvalue weighted by molar-refractivity contribution is 6.62. The summed E-state index contributed by atoms with van der Waals surface area (Å²) >= 11 is 0. The largest absolute Gasteiger partial charge is 0.496 e. The van der Waals surface area contributed by atoms with Crippen molar-refractivity contribution in [2.75, 3.05) is 11.4 Å². The SMILES string of the molecule is CC(C)(C)OC(=O)N1CC(C)(C)c2cc(B3OC(C)(C)C(C)(C)O3)cnc21. The molecule has 1 saturated heterocycles. The second-order valence-corrected chi connectivity index (χ2v) is 10.2. The Kier molecular flexibility index (Phi) is 4.44. The number of hydrogen-bond donors (Lipinski definition) is 0. The zero-order valence-corrected chi connectivity index (χ0v) is 18.0. The molecular weight excluding hydrogens is 343 g/mol. The molecule has 2 aliphatic rings. The van der Waals surface area contributed by atoms with Crippen LogP contribution in [0.15, 0.2) is 12.3 Å². The summed E-state index contributed by atoms with van der Waals surface area (Å²) in [4.78, 5) is 18.8. The molecule has 0 spiro atoms. The minimum absolute atomic E-state index is 0.237. The fraction of sp³-hybridized carbons (Fsp3) is 0.700. The van der Waals surface area contributed by atoms with Crippen LogP contribution in [-0.4, -0.2) is 41.5 Å². The van der Waals surface area contributed by atoms with Crippen LogP contribution in [0.25, 0.3) is 0 Å². The molecule has 1 fully saturated rings. The molecule has 7 heteroatoms. The highest BCUT2D eigenvalue weighted by atomic mass is 16.7. The van der Waals surface area contributed by atoms with Crippen molar-refractivity contribution >= 4 is 24.5 Å². The quantitative estimate of drug-likeness (QED) is 0.705. The molecular formula is C20H31BN2O4. The molecule has 148 valence electrons. The minimum atomic E-state index is -0.549. The van der Waals surface area contributed by atoms with E-state index in [1.807, 2.05) is 48.5 Å². The Labute approximate surface area is 162 Å². The molecule has 0 bridgehead atoms. The average Bonchev–Trinajstić information content (AvgIpc) is 2.87. The summed E-state index contributed by atoms with van der Waals surface area (Å²) in [6.07, 6.45) is 1.37. The van der Waals surface area contributed by atoms with E-state index in [1.165, 1.54) is 0 Å². The number of aromatic nitrogens is 1. The third-order valence-electron chi connectivity index (χ3n) is 5.57. The number of fused-ring (bicyclic) bond motifs is 1. The molecule has 3 rings (SSSR count). The number of amides is 1. The predicted octanol–water partition coefficient (Wildman–Crippen LogP) is 3.41. The Hall–Kier alpha value is -1.60. The molecule has 1 aromatic heterocycles. The number of ether oxygens (including phenoxy) is 1. The van der Waals surface area contributed by atoms with Gasteiger partial charge in [-0.3, -0.25) is 4.90 Å². The van der Waals surface area contributed by atoms with Crippen molar-refractivity contribution in [1.29, 1.82) is 0 Å². The second kappa shape index (κ2) is 5.95. The van der Waals surface area contributed by atoms with Gasteiger partial charge in [-0.05, 0) is 48.5 Å². The van der Waals surface area contributed by atoms with E-state index in [1.54, 1.807) is 11.1 Å². The number of nitrogens with zero attached hydrogens (tertiary/aromatic N) is 2. The van der Waals surface area contributed by atoms with Gasteiger partial charge in [-0.15, -0.1) is 0 Å². The summed E-state index contributed by atoms with van der Waals surface area (Å²) in [6.45, 7) is 18.4. The number of rotatable bonds is 1. The first-order valence-electron chi connectivity index (χ1n) is 9.50. The van der Waals surface area contributed by atoms with Gasteiger partial charge < -0.3 is 14.0 Å². The van der Waals surface area contributed by atoms with Crippen LogP contribution in [0, 0.1) is 0 Å². The van der Waals surface area contributed by atoms with Crippen LogP contribution in [0.1, 0.15) is 67.9 Å². The fourth-order valence-corrected chi connectivity index (χ4v) is 3.32. The van der Waals surface area contributed by atoms with E-state index in [4.69, 9.17) is 14.0 Å². The van der Waals surface area contributed by atoms with Crippen molar-refractivity contribution in [1.82, 2.24) is 4.98 Å². The van der Waals surface area contributed by atoms with Crippen molar-refractivity contribution in [2.24, 2.45) is 0 Å². The molecule has 2 aliphatic heterocycles. The molecule has 0 N–H and O–H groups in total. The normalized spacial score (nSPS) is 22.7. The van der Waals surface area contributed by atoms with E-state index in [0.717, 1.165) is 11.0 Å². The zero-order chi connectivity index (χ0) is 20.4. The molecule has 1 amide bonds. The summed E-state index contributed by atoms with van der Waals surface area (Å²) in [5.41, 5.74) is 0.265. The number of carbonyl (C=O) groups excluding carboxylic acids is 1. The Morgan fingerprint density at radius 3 is 2.22 bits per heavy atom. The van der Waals surface area contributed by atoms with Crippen molar-refractivity contribution in [3.05, 3.63) is 17.8 Å². The summed E-state index contributed by atoms with van der Waals surface area (Å²) in [6, 6.07) is 2.05. The highest BCUT2D eigenvalue weighted by Crippen LogP contribution is 2.40. The fourth-order valence-electron chi connectivity index (χ4n) is 3.32. The van der Waals surface area contributed by atoms with Gasteiger partial charge in [0.25, 0.3) is 0 Å². The first-order valence-corrected chi connectivity index (χ1v) is 9.50. The van der Waals surface area contributed by atoms with Crippen LogP contribution < -0.4 is 10.4 Å². The monoisotopic (exact) mass is 374 g/mol. The van der Waals surface area contributed by atoms with Crippen LogP contribution in [-0.2, 0) is 19.5 Å². The molecule has 0 unspecified atom stereocenters. The van der Waals surface area contributed by atoms with Crippen molar-refractivity contribution in [2.45, 2.75) is 84.5 Å². The lowest BCUT2D eigenvalue weighted by Crippen LogP contribution is -2.41. The molecule has 0 saturated carbocycles. The van der Waals surface area contributed by atoms with Gasteiger partial charge in [0, 0.05) is 29.2 Å². The molecule has 0 radical (unpaired) electrons. The van der Waals surface area contributed by atoms with Gasteiger partial charge in [0.15, 0.2) is 0 Å².